The molecule has 2 nitrogen and oxygen atoms in total. The van der Waals surface area contributed by atoms with Gasteiger partial charge in [0.15, 0.2) is 0 Å². The smallest absolute Gasteiger partial charge is 0.0667 e. The van der Waals surface area contributed by atoms with Crippen LogP contribution in [-0.4, -0.2) is 16.2 Å². The van der Waals surface area contributed by atoms with Crippen LogP contribution in [0.4, 0.5) is 0 Å². The SMILES string of the molecule is NC1(CC2(O)CC2)CC1. The highest BCUT2D eigenvalue weighted by Crippen LogP contribution is 2.48. The van der Waals surface area contributed by atoms with Crippen molar-refractivity contribution in [3.05, 3.63) is 0 Å². The molecule has 0 saturated heterocycles. The van der Waals surface area contributed by atoms with E-state index in [1.807, 2.05) is 0 Å². The summed E-state index contributed by atoms with van der Waals surface area (Å²) in [7, 11) is 0. The van der Waals surface area contributed by atoms with Crippen LogP contribution in [0.1, 0.15) is 32.1 Å². The predicted octanol–water partition coefficient (Wildman–Crippen LogP) is 0.393. The summed E-state index contributed by atoms with van der Waals surface area (Å²) >= 11 is 0. The van der Waals surface area contributed by atoms with Crippen molar-refractivity contribution in [2.75, 3.05) is 0 Å². The molecule has 0 aromatic carbocycles. The van der Waals surface area contributed by atoms with Crippen molar-refractivity contribution in [3.8, 4) is 0 Å². The van der Waals surface area contributed by atoms with E-state index in [9.17, 15) is 5.11 Å². The first-order valence-electron chi connectivity index (χ1n) is 3.63. The van der Waals surface area contributed by atoms with Gasteiger partial charge in [-0.2, -0.15) is 0 Å². The molecule has 2 saturated carbocycles. The Balaban J connectivity index is 1.90. The lowest BCUT2D eigenvalue weighted by Crippen LogP contribution is -2.28. The molecular formula is C7H13NO. The van der Waals surface area contributed by atoms with Crippen molar-refractivity contribution in [2.24, 2.45) is 5.73 Å². The average molecular weight is 127 g/mol. The third-order valence-electron chi connectivity index (χ3n) is 2.40. The van der Waals surface area contributed by atoms with Crippen LogP contribution in [0, 0.1) is 0 Å². The molecule has 0 radical (unpaired) electrons. The van der Waals surface area contributed by atoms with Crippen molar-refractivity contribution in [2.45, 2.75) is 43.2 Å². The van der Waals surface area contributed by atoms with Gasteiger partial charge in [0, 0.05) is 5.54 Å². The standard InChI is InChI=1S/C7H13NO/c8-6(1-2-6)5-7(9)3-4-7/h9H,1-5,8H2. The number of hydrogen-bond donors (Lipinski definition) is 2. The largest absolute Gasteiger partial charge is 0.390 e. The van der Waals surface area contributed by atoms with Crippen molar-refractivity contribution >= 4 is 0 Å². The van der Waals surface area contributed by atoms with Gasteiger partial charge in [-0.05, 0) is 32.1 Å². The molecule has 0 unspecified atom stereocenters. The molecule has 0 spiro atoms. The van der Waals surface area contributed by atoms with Gasteiger partial charge in [-0.1, -0.05) is 0 Å². The molecule has 0 atom stereocenters. The molecule has 2 heteroatoms. The lowest BCUT2D eigenvalue weighted by molar-refractivity contribution is 0.128. The Morgan fingerprint density at radius 3 is 2.11 bits per heavy atom. The third kappa shape index (κ3) is 1.10. The Hall–Kier alpha value is -0.0800. The fraction of sp³-hybridized carbons (Fsp3) is 1.00. The Morgan fingerprint density at radius 2 is 1.78 bits per heavy atom. The lowest BCUT2D eigenvalue weighted by Gasteiger charge is -2.12. The van der Waals surface area contributed by atoms with Gasteiger partial charge in [0.1, 0.15) is 0 Å². The second kappa shape index (κ2) is 1.32. The number of nitrogens with two attached hydrogens (primary N) is 1. The van der Waals surface area contributed by atoms with E-state index in [4.69, 9.17) is 5.73 Å². The minimum atomic E-state index is -0.328. The van der Waals surface area contributed by atoms with Gasteiger partial charge in [0.2, 0.25) is 0 Å². The van der Waals surface area contributed by atoms with E-state index >= 15 is 0 Å². The van der Waals surface area contributed by atoms with Crippen molar-refractivity contribution < 1.29 is 5.11 Å². The van der Waals surface area contributed by atoms with Crippen molar-refractivity contribution in [1.82, 2.24) is 0 Å². The Kier molecular flexibility index (Phi) is 0.837. The summed E-state index contributed by atoms with van der Waals surface area (Å²) in [5.41, 5.74) is 5.53. The summed E-state index contributed by atoms with van der Waals surface area (Å²) in [6.07, 6.45) is 5.04. The normalized spacial score (nSPS) is 34.0. The Bertz CT molecular complexity index is 120. The topological polar surface area (TPSA) is 46.2 Å². The minimum Gasteiger partial charge on any atom is -0.390 e. The zero-order valence-corrected chi connectivity index (χ0v) is 5.56. The van der Waals surface area contributed by atoms with Crippen LogP contribution in [0.2, 0.25) is 0 Å². The molecule has 0 amide bonds. The fourth-order valence-electron chi connectivity index (χ4n) is 1.31. The van der Waals surface area contributed by atoms with Gasteiger partial charge in [-0.15, -0.1) is 0 Å². The Labute approximate surface area is 55.1 Å². The van der Waals surface area contributed by atoms with Gasteiger partial charge in [0.25, 0.3) is 0 Å². The van der Waals surface area contributed by atoms with E-state index in [0.29, 0.717) is 0 Å². The zero-order valence-electron chi connectivity index (χ0n) is 5.56. The number of hydrogen-bond acceptors (Lipinski definition) is 2. The van der Waals surface area contributed by atoms with Gasteiger partial charge in [-0.25, -0.2) is 0 Å². The number of aliphatic hydroxyl groups is 1. The molecule has 2 aliphatic rings. The summed E-state index contributed by atoms with van der Waals surface area (Å²) in [6, 6.07) is 0. The maximum atomic E-state index is 9.42. The highest BCUT2D eigenvalue weighted by atomic mass is 16.3. The molecule has 52 valence electrons. The molecule has 0 bridgehead atoms. The number of rotatable bonds is 2. The van der Waals surface area contributed by atoms with Gasteiger partial charge < -0.3 is 10.8 Å². The molecule has 0 aliphatic heterocycles. The first-order valence-corrected chi connectivity index (χ1v) is 3.63. The fourth-order valence-corrected chi connectivity index (χ4v) is 1.31. The second-order valence-electron chi connectivity index (χ2n) is 3.76. The van der Waals surface area contributed by atoms with E-state index in [2.05, 4.69) is 0 Å². The van der Waals surface area contributed by atoms with Crippen LogP contribution in [0.5, 0.6) is 0 Å². The van der Waals surface area contributed by atoms with E-state index < -0.39 is 0 Å². The van der Waals surface area contributed by atoms with E-state index in [0.717, 1.165) is 32.1 Å². The predicted molar refractivity (Wildman–Crippen MR) is 35.0 cm³/mol. The summed E-state index contributed by atoms with van der Waals surface area (Å²) in [6.45, 7) is 0. The van der Waals surface area contributed by atoms with Gasteiger partial charge >= 0.3 is 0 Å². The van der Waals surface area contributed by atoms with Crippen LogP contribution in [0.3, 0.4) is 0 Å². The van der Waals surface area contributed by atoms with E-state index in [1.165, 1.54) is 0 Å². The van der Waals surface area contributed by atoms with Crippen LogP contribution >= 0.6 is 0 Å². The summed E-state index contributed by atoms with van der Waals surface area (Å²) in [4.78, 5) is 0. The van der Waals surface area contributed by atoms with Crippen LogP contribution in [-0.2, 0) is 0 Å². The molecule has 2 fully saturated rings. The summed E-state index contributed by atoms with van der Waals surface area (Å²) in [5.74, 6) is 0. The minimum absolute atomic E-state index is 0.0469. The average Bonchev–Trinajstić information content (AvgIpc) is 2.55. The van der Waals surface area contributed by atoms with E-state index in [-0.39, 0.29) is 11.1 Å². The van der Waals surface area contributed by atoms with Crippen LogP contribution in [0.15, 0.2) is 0 Å². The molecule has 3 N–H and O–H groups in total. The molecule has 2 rings (SSSR count). The van der Waals surface area contributed by atoms with Gasteiger partial charge in [0.05, 0.1) is 5.60 Å². The first kappa shape index (κ1) is 5.69. The first-order chi connectivity index (χ1) is 4.12. The summed E-state index contributed by atoms with van der Waals surface area (Å²) in [5, 5.41) is 9.42. The molecule has 2 aliphatic carbocycles. The van der Waals surface area contributed by atoms with E-state index in [1.54, 1.807) is 0 Å². The molecular weight excluding hydrogens is 114 g/mol. The lowest BCUT2D eigenvalue weighted by atomic mass is 10.1. The maximum Gasteiger partial charge on any atom is 0.0667 e. The highest BCUT2D eigenvalue weighted by Gasteiger charge is 2.51. The molecule has 9 heavy (non-hydrogen) atoms. The van der Waals surface area contributed by atoms with Crippen LogP contribution in [0.25, 0.3) is 0 Å². The Morgan fingerprint density at radius 1 is 1.22 bits per heavy atom. The zero-order chi connectivity index (χ0) is 6.54. The van der Waals surface area contributed by atoms with Crippen LogP contribution < -0.4 is 5.73 Å². The monoisotopic (exact) mass is 127 g/mol. The molecule has 0 heterocycles. The maximum absolute atomic E-state index is 9.42. The quantitative estimate of drug-likeness (QED) is 0.563. The van der Waals surface area contributed by atoms with Crippen molar-refractivity contribution in [3.63, 3.8) is 0 Å². The summed E-state index contributed by atoms with van der Waals surface area (Å²) < 4.78 is 0. The molecule has 0 aromatic rings. The highest BCUT2D eigenvalue weighted by molar-refractivity contribution is 5.08. The second-order valence-corrected chi connectivity index (χ2v) is 3.76. The van der Waals surface area contributed by atoms with Crippen molar-refractivity contribution in [1.29, 1.82) is 0 Å². The van der Waals surface area contributed by atoms with Gasteiger partial charge in [-0.3, -0.25) is 0 Å². The third-order valence-corrected chi connectivity index (χ3v) is 2.40. The molecule has 0 aromatic heterocycles.